The molecule has 0 heterocycles. The van der Waals surface area contributed by atoms with Crippen molar-refractivity contribution in [3.8, 4) is 0 Å². The molecule has 0 spiro atoms. The molecule has 0 aliphatic carbocycles. The van der Waals surface area contributed by atoms with Gasteiger partial charge in [-0.15, -0.1) is 0 Å². The molecule has 25 heavy (non-hydrogen) atoms. The Labute approximate surface area is 154 Å². The lowest BCUT2D eigenvalue weighted by Crippen LogP contribution is -2.23. The summed E-state index contributed by atoms with van der Waals surface area (Å²) in [6.45, 7) is 2.68. The second-order valence-electron chi connectivity index (χ2n) is 5.28. The van der Waals surface area contributed by atoms with Gasteiger partial charge >= 0.3 is 0 Å². The molecule has 2 aromatic carbocycles. The fourth-order valence-corrected chi connectivity index (χ4v) is 2.52. The molecule has 0 saturated heterocycles. The van der Waals surface area contributed by atoms with E-state index in [0.29, 0.717) is 17.7 Å². The van der Waals surface area contributed by atoms with Gasteiger partial charge in [-0.1, -0.05) is 28.1 Å². The third-order valence-electron chi connectivity index (χ3n) is 3.37. The predicted octanol–water partition coefficient (Wildman–Crippen LogP) is 3.67. The minimum absolute atomic E-state index is 0.152. The minimum atomic E-state index is -0.401. The van der Waals surface area contributed by atoms with E-state index < -0.39 is 5.82 Å². The van der Waals surface area contributed by atoms with E-state index in [-0.39, 0.29) is 18.4 Å². The van der Waals surface area contributed by atoms with Gasteiger partial charge < -0.3 is 10.6 Å². The van der Waals surface area contributed by atoms with Gasteiger partial charge in [-0.3, -0.25) is 9.59 Å². The Balaban J connectivity index is 1.96. The SMILES string of the molecule is CCNC(=O)c1cccc(CNC(=O)/C=C/c2cc(Br)ccc2F)c1. The van der Waals surface area contributed by atoms with Crippen LogP contribution in [0.2, 0.25) is 0 Å². The van der Waals surface area contributed by atoms with Crippen molar-refractivity contribution in [3.05, 3.63) is 75.5 Å². The number of carbonyl (C=O) groups excluding carboxylic acids is 2. The summed E-state index contributed by atoms with van der Waals surface area (Å²) in [5, 5.41) is 5.44. The number of rotatable bonds is 6. The van der Waals surface area contributed by atoms with E-state index in [1.54, 1.807) is 30.3 Å². The molecule has 0 unspecified atom stereocenters. The van der Waals surface area contributed by atoms with Gasteiger partial charge in [-0.25, -0.2) is 4.39 Å². The second kappa shape index (κ2) is 9.13. The molecule has 0 atom stereocenters. The van der Waals surface area contributed by atoms with Crippen LogP contribution in [0.5, 0.6) is 0 Å². The van der Waals surface area contributed by atoms with E-state index in [1.807, 2.05) is 13.0 Å². The van der Waals surface area contributed by atoms with Gasteiger partial charge in [0.05, 0.1) is 0 Å². The molecule has 0 aromatic heterocycles. The third-order valence-corrected chi connectivity index (χ3v) is 3.86. The van der Waals surface area contributed by atoms with Crippen molar-refractivity contribution in [1.82, 2.24) is 10.6 Å². The highest BCUT2D eigenvalue weighted by molar-refractivity contribution is 9.10. The zero-order valence-corrected chi connectivity index (χ0v) is 15.3. The van der Waals surface area contributed by atoms with Crippen molar-refractivity contribution < 1.29 is 14.0 Å². The number of carbonyl (C=O) groups is 2. The van der Waals surface area contributed by atoms with E-state index >= 15 is 0 Å². The summed E-state index contributed by atoms with van der Waals surface area (Å²) in [5.41, 5.74) is 1.67. The molecular weight excluding hydrogens is 387 g/mol. The molecule has 0 fully saturated rings. The molecule has 2 amide bonds. The van der Waals surface area contributed by atoms with E-state index in [2.05, 4.69) is 26.6 Å². The van der Waals surface area contributed by atoms with Crippen molar-refractivity contribution >= 4 is 33.8 Å². The fourth-order valence-electron chi connectivity index (χ4n) is 2.14. The summed E-state index contributed by atoms with van der Waals surface area (Å²) >= 11 is 3.26. The summed E-state index contributed by atoms with van der Waals surface area (Å²) in [5.74, 6) is -0.898. The van der Waals surface area contributed by atoms with Crippen molar-refractivity contribution in [2.24, 2.45) is 0 Å². The van der Waals surface area contributed by atoms with Crippen LogP contribution in [0.1, 0.15) is 28.4 Å². The lowest BCUT2D eigenvalue weighted by atomic mass is 10.1. The summed E-state index contributed by atoms with van der Waals surface area (Å²) in [6, 6.07) is 11.5. The predicted molar refractivity (Wildman–Crippen MR) is 99.4 cm³/mol. The first kappa shape index (κ1) is 18.9. The van der Waals surface area contributed by atoms with Gasteiger partial charge in [0.1, 0.15) is 5.82 Å². The quantitative estimate of drug-likeness (QED) is 0.721. The molecule has 6 heteroatoms. The topological polar surface area (TPSA) is 58.2 Å². The van der Waals surface area contributed by atoms with Gasteiger partial charge in [0.2, 0.25) is 5.91 Å². The van der Waals surface area contributed by atoms with E-state index in [1.165, 1.54) is 18.2 Å². The van der Waals surface area contributed by atoms with Crippen molar-refractivity contribution in [3.63, 3.8) is 0 Å². The van der Waals surface area contributed by atoms with Gasteiger partial charge in [0.25, 0.3) is 5.91 Å². The number of hydrogen-bond acceptors (Lipinski definition) is 2. The first-order valence-corrected chi connectivity index (χ1v) is 8.57. The zero-order chi connectivity index (χ0) is 18.2. The lowest BCUT2D eigenvalue weighted by Gasteiger charge is -2.06. The second-order valence-corrected chi connectivity index (χ2v) is 6.19. The third kappa shape index (κ3) is 5.83. The first-order chi connectivity index (χ1) is 12.0. The van der Waals surface area contributed by atoms with Crippen molar-refractivity contribution in [2.75, 3.05) is 6.54 Å². The molecular formula is C19H18BrFN2O2. The van der Waals surface area contributed by atoms with E-state index in [9.17, 15) is 14.0 Å². The number of halogens is 2. The van der Waals surface area contributed by atoms with Crippen LogP contribution in [-0.4, -0.2) is 18.4 Å². The molecule has 0 aliphatic heterocycles. The molecule has 130 valence electrons. The Morgan fingerprint density at radius 2 is 1.96 bits per heavy atom. The maximum absolute atomic E-state index is 13.6. The fraction of sp³-hybridized carbons (Fsp3) is 0.158. The Hall–Kier alpha value is -2.47. The number of nitrogens with one attached hydrogen (secondary N) is 2. The molecule has 4 nitrogen and oxygen atoms in total. The molecule has 0 aliphatic rings. The smallest absolute Gasteiger partial charge is 0.251 e. The first-order valence-electron chi connectivity index (χ1n) is 7.77. The van der Waals surface area contributed by atoms with E-state index in [0.717, 1.165) is 10.0 Å². The van der Waals surface area contributed by atoms with Crippen LogP contribution in [0.25, 0.3) is 6.08 Å². The van der Waals surface area contributed by atoms with Crippen LogP contribution in [0.15, 0.2) is 53.0 Å². The Morgan fingerprint density at radius 1 is 1.16 bits per heavy atom. The van der Waals surface area contributed by atoms with Crippen LogP contribution < -0.4 is 10.6 Å². The number of amides is 2. The summed E-state index contributed by atoms with van der Waals surface area (Å²) in [6.07, 6.45) is 2.69. The van der Waals surface area contributed by atoms with Crippen LogP contribution in [0.4, 0.5) is 4.39 Å². The lowest BCUT2D eigenvalue weighted by molar-refractivity contribution is -0.116. The van der Waals surface area contributed by atoms with Gasteiger partial charge in [-0.2, -0.15) is 0 Å². The molecule has 2 aromatic rings. The van der Waals surface area contributed by atoms with Crippen LogP contribution >= 0.6 is 15.9 Å². The standard InChI is InChI=1S/C19H18BrFN2O2/c1-2-22-19(25)15-5-3-4-13(10-15)12-23-18(24)9-6-14-11-16(20)7-8-17(14)21/h3-11H,2,12H2,1H3,(H,22,25)(H,23,24)/b9-6+. The van der Waals surface area contributed by atoms with Crippen LogP contribution in [0.3, 0.4) is 0 Å². The average Bonchev–Trinajstić information content (AvgIpc) is 2.61. The highest BCUT2D eigenvalue weighted by Gasteiger charge is 2.05. The summed E-state index contributed by atoms with van der Waals surface area (Å²) < 4.78 is 14.3. The zero-order valence-electron chi connectivity index (χ0n) is 13.7. The van der Waals surface area contributed by atoms with Crippen molar-refractivity contribution in [2.45, 2.75) is 13.5 Å². The van der Waals surface area contributed by atoms with Crippen LogP contribution in [0, 0.1) is 5.82 Å². The monoisotopic (exact) mass is 404 g/mol. The normalized spacial score (nSPS) is 10.7. The molecule has 2 N–H and O–H groups in total. The maximum atomic E-state index is 13.6. The largest absolute Gasteiger partial charge is 0.352 e. The van der Waals surface area contributed by atoms with Gasteiger partial charge in [0.15, 0.2) is 0 Å². The Morgan fingerprint density at radius 3 is 2.72 bits per heavy atom. The molecule has 0 radical (unpaired) electrons. The van der Waals surface area contributed by atoms with Gasteiger partial charge in [0, 0.05) is 34.8 Å². The highest BCUT2D eigenvalue weighted by atomic mass is 79.9. The van der Waals surface area contributed by atoms with E-state index in [4.69, 9.17) is 0 Å². The number of hydrogen-bond donors (Lipinski definition) is 2. The molecule has 2 rings (SSSR count). The Kier molecular flexibility index (Phi) is 6.89. The maximum Gasteiger partial charge on any atom is 0.251 e. The van der Waals surface area contributed by atoms with Crippen LogP contribution in [-0.2, 0) is 11.3 Å². The number of benzene rings is 2. The van der Waals surface area contributed by atoms with Crippen molar-refractivity contribution in [1.29, 1.82) is 0 Å². The average molecular weight is 405 g/mol. The minimum Gasteiger partial charge on any atom is -0.352 e. The molecule has 0 bridgehead atoms. The molecule has 0 saturated carbocycles. The Bertz CT molecular complexity index is 806. The highest BCUT2D eigenvalue weighted by Crippen LogP contribution is 2.16. The summed E-state index contributed by atoms with van der Waals surface area (Å²) in [7, 11) is 0. The van der Waals surface area contributed by atoms with Gasteiger partial charge in [-0.05, 0) is 48.9 Å². The summed E-state index contributed by atoms with van der Waals surface area (Å²) in [4.78, 5) is 23.7.